The van der Waals surface area contributed by atoms with Gasteiger partial charge in [0, 0.05) is 16.3 Å². The van der Waals surface area contributed by atoms with Crippen LogP contribution < -0.4 is 0 Å². The summed E-state index contributed by atoms with van der Waals surface area (Å²) < 4.78 is 0.747. The zero-order valence-corrected chi connectivity index (χ0v) is 10.2. The highest BCUT2D eigenvalue weighted by molar-refractivity contribution is 14.1. The van der Waals surface area contributed by atoms with Crippen molar-refractivity contribution in [2.24, 2.45) is 4.99 Å². The van der Waals surface area contributed by atoms with E-state index in [4.69, 9.17) is 0 Å². The zero-order chi connectivity index (χ0) is 9.42. The Morgan fingerprint density at radius 2 is 2.23 bits per heavy atom. The van der Waals surface area contributed by atoms with Gasteiger partial charge in [-0.2, -0.15) is 0 Å². The van der Waals surface area contributed by atoms with Crippen LogP contribution in [-0.2, 0) is 0 Å². The standard InChI is InChI=1S/C9H5BrINO/c10-6-3-1-2-5-8(6)12-4-7(11)9(5)13/h1-4,7H. The Morgan fingerprint density at radius 1 is 1.46 bits per heavy atom. The van der Waals surface area contributed by atoms with Gasteiger partial charge >= 0.3 is 0 Å². The van der Waals surface area contributed by atoms with E-state index >= 15 is 0 Å². The topological polar surface area (TPSA) is 29.4 Å². The van der Waals surface area contributed by atoms with E-state index in [2.05, 4.69) is 43.5 Å². The molecule has 0 N–H and O–H groups in total. The molecule has 4 heteroatoms. The molecule has 0 saturated carbocycles. The molecule has 0 bridgehead atoms. The third-order valence-electron chi connectivity index (χ3n) is 1.84. The van der Waals surface area contributed by atoms with E-state index < -0.39 is 0 Å². The van der Waals surface area contributed by atoms with E-state index in [0.717, 1.165) is 10.2 Å². The molecular weight excluding hydrogens is 345 g/mol. The van der Waals surface area contributed by atoms with E-state index in [1.54, 1.807) is 6.21 Å². The van der Waals surface area contributed by atoms with E-state index in [9.17, 15) is 4.79 Å². The highest BCUT2D eigenvalue weighted by Crippen LogP contribution is 2.33. The second-order valence-corrected chi connectivity index (χ2v) is 4.88. The number of carbonyl (C=O) groups excluding carboxylic acids is 1. The first-order chi connectivity index (χ1) is 6.20. The smallest absolute Gasteiger partial charge is 0.183 e. The fourth-order valence-electron chi connectivity index (χ4n) is 1.20. The average Bonchev–Trinajstić information content (AvgIpc) is 2.12. The van der Waals surface area contributed by atoms with Crippen molar-refractivity contribution >= 4 is 56.2 Å². The van der Waals surface area contributed by atoms with Crippen LogP contribution in [0.4, 0.5) is 5.69 Å². The Hall–Kier alpha value is -0.230. The third-order valence-corrected chi connectivity index (χ3v) is 3.36. The highest BCUT2D eigenvalue weighted by atomic mass is 127. The minimum Gasteiger partial charge on any atom is -0.292 e. The predicted octanol–water partition coefficient (Wildman–Crippen LogP) is 3.15. The minimum absolute atomic E-state index is 0.126. The zero-order valence-electron chi connectivity index (χ0n) is 6.50. The molecule has 1 aromatic carbocycles. The van der Waals surface area contributed by atoms with E-state index in [1.807, 2.05) is 18.2 Å². The van der Waals surface area contributed by atoms with Crippen LogP contribution in [0.15, 0.2) is 27.7 Å². The number of fused-ring (bicyclic) bond motifs is 1. The van der Waals surface area contributed by atoms with Gasteiger partial charge in [-0.3, -0.25) is 9.79 Å². The summed E-state index contributed by atoms with van der Waals surface area (Å²) in [6.45, 7) is 0. The van der Waals surface area contributed by atoms with Crippen molar-refractivity contribution in [2.45, 2.75) is 3.92 Å². The maximum Gasteiger partial charge on any atom is 0.183 e. The van der Waals surface area contributed by atoms with Crippen molar-refractivity contribution in [1.82, 2.24) is 0 Å². The first-order valence-corrected chi connectivity index (χ1v) is 5.75. The largest absolute Gasteiger partial charge is 0.292 e. The lowest BCUT2D eigenvalue weighted by Crippen LogP contribution is -2.18. The monoisotopic (exact) mass is 349 g/mol. The summed E-state index contributed by atoms with van der Waals surface area (Å²) in [6.07, 6.45) is 1.68. The lowest BCUT2D eigenvalue weighted by atomic mass is 10.0. The fourth-order valence-corrected chi connectivity index (χ4v) is 2.17. The summed E-state index contributed by atoms with van der Waals surface area (Å²) in [6, 6.07) is 5.55. The van der Waals surface area contributed by atoms with Gasteiger partial charge in [-0.05, 0) is 28.1 Å². The molecule has 1 aromatic rings. The lowest BCUT2D eigenvalue weighted by Gasteiger charge is -2.13. The Morgan fingerprint density at radius 3 is 3.00 bits per heavy atom. The van der Waals surface area contributed by atoms with Crippen molar-refractivity contribution in [1.29, 1.82) is 0 Å². The molecular formula is C9H5BrINO. The summed E-state index contributed by atoms with van der Waals surface area (Å²) in [5, 5.41) is 0. The second kappa shape index (κ2) is 3.49. The minimum atomic E-state index is -0.126. The van der Waals surface area contributed by atoms with Crippen molar-refractivity contribution in [2.75, 3.05) is 0 Å². The van der Waals surface area contributed by atoms with Crippen molar-refractivity contribution in [3.05, 3.63) is 28.2 Å². The molecule has 66 valence electrons. The van der Waals surface area contributed by atoms with Crippen LogP contribution in [0.2, 0.25) is 0 Å². The van der Waals surface area contributed by atoms with Crippen molar-refractivity contribution in [3.63, 3.8) is 0 Å². The third kappa shape index (κ3) is 1.57. The number of halogens is 2. The van der Waals surface area contributed by atoms with Crippen LogP contribution in [0, 0.1) is 0 Å². The van der Waals surface area contributed by atoms with Gasteiger partial charge in [0.25, 0.3) is 0 Å². The molecule has 0 aromatic heterocycles. The van der Waals surface area contributed by atoms with Crippen LogP contribution in [0.25, 0.3) is 0 Å². The molecule has 0 spiro atoms. The Kier molecular flexibility index (Phi) is 2.51. The summed E-state index contributed by atoms with van der Waals surface area (Å²) in [5.74, 6) is 0.131. The Labute approximate surface area is 97.7 Å². The Balaban J connectivity index is 2.65. The normalized spacial score (nSPS) is 20.2. The van der Waals surface area contributed by atoms with Crippen LogP contribution in [-0.4, -0.2) is 15.9 Å². The molecule has 1 aliphatic heterocycles. The number of Topliss-reactive ketones (excluding diaryl/α,β-unsaturated/α-hetero) is 1. The van der Waals surface area contributed by atoms with E-state index in [0.29, 0.717) is 5.56 Å². The van der Waals surface area contributed by atoms with Crippen LogP contribution in [0.1, 0.15) is 10.4 Å². The summed E-state index contributed by atoms with van der Waals surface area (Å²) in [4.78, 5) is 15.9. The van der Waals surface area contributed by atoms with Crippen molar-refractivity contribution in [3.8, 4) is 0 Å². The second-order valence-electron chi connectivity index (χ2n) is 2.68. The molecule has 1 heterocycles. The molecule has 0 radical (unpaired) electrons. The first kappa shape index (κ1) is 9.33. The molecule has 2 nitrogen and oxygen atoms in total. The predicted molar refractivity (Wildman–Crippen MR) is 64.4 cm³/mol. The molecule has 1 unspecified atom stereocenters. The van der Waals surface area contributed by atoms with Gasteiger partial charge < -0.3 is 0 Å². The molecule has 13 heavy (non-hydrogen) atoms. The van der Waals surface area contributed by atoms with Gasteiger partial charge in [0.2, 0.25) is 0 Å². The number of aliphatic imine (C=N–C) groups is 1. The van der Waals surface area contributed by atoms with Crippen LogP contribution in [0.3, 0.4) is 0 Å². The maximum atomic E-state index is 11.6. The number of benzene rings is 1. The molecule has 1 atom stereocenters. The number of ketones is 1. The van der Waals surface area contributed by atoms with Crippen molar-refractivity contribution < 1.29 is 4.79 Å². The number of hydrogen-bond acceptors (Lipinski definition) is 2. The van der Waals surface area contributed by atoms with Gasteiger partial charge in [-0.1, -0.05) is 28.7 Å². The molecule has 0 aliphatic carbocycles. The number of para-hydroxylation sites is 1. The van der Waals surface area contributed by atoms with Gasteiger partial charge in [0.15, 0.2) is 5.78 Å². The lowest BCUT2D eigenvalue weighted by molar-refractivity contribution is 0.101. The number of hydrogen-bond donors (Lipinski definition) is 0. The molecule has 0 saturated heterocycles. The number of rotatable bonds is 0. The van der Waals surface area contributed by atoms with Crippen LogP contribution >= 0.6 is 38.5 Å². The fraction of sp³-hybridized carbons (Fsp3) is 0.111. The summed E-state index contributed by atoms with van der Waals surface area (Å²) in [7, 11) is 0. The maximum absolute atomic E-state index is 11.6. The van der Waals surface area contributed by atoms with Gasteiger partial charge in [-0.15, -0.1) is 0 Å². The van der Waals surface area contributed by atoms with Gasteiger partial charge in [-0.25, -0.2) is 0 Å². The van der Waals surface area contributed by atoms with Gasteiger partial charge in [0.1, 0.15) is 3.92 Å². The summed E-state index contributed by atoms with van der Waals surface area (Å²) in [5.41, 5.74) is 1.46. The summed E-state index contributed by atoms with van der Waals surface area (Å²) >= 11 is 5.44. The average molecular weight is 350 g/mol. The molecule has 0 fully saturated rings. The highest BCUT2D eigenvalue weighted by Gasteiger charge is 2.23. The molecule has 2 rings (SSSR count). The molecule has 0 amide bonds. The quantitative estimate of drug-likeness (QED) is 0.522. The van der Waals surface area contributed by atoms with E-state index in [-0.39, 0.29) is 9.71 Å². The number of carbonyl (C=O) groups is 1. The van der Waals surface area contributed by atoms with Gasteiger partial charge in [0.05, 0.1) is 5.69 Å². The number of alkyl halides is 1. The molecule has 1 aliphatic rings. The van der Waals surface area contributed by atoms with Crippen LogP contribution in [0.5, 0.6) is 0 Å². The SMILES string of the molecule is O=C1c2cccc(Br)c2N=CC1I. The number of nitrogens with zero attached hydrogens (tertiary/aromatic N) is 1. The Bertz CT molecular complexity index is 403. The van der Waals surface area contributed by atoms with E-state index in [1.165, 1.54) is 0 Å². The first-order valence-electron chi connectivity index (χ1n) is 3.71.